The van der Waals surface area contributed by atoms with Gasteiger partial charge in [-0.1, -0.05) is 0 Å². The number of ether oxygens (including phenoxy) is 1. The lowest BCUT2D eigenvalue weighted by Gasteiger charge is -2.23. The molecule has 1 unspecified atom stereocenters. The number of anilines is 1. The van der Waals surface area contributed by atoms with Gasteiger partial charge in [0, 0.05) is 22.9 Å². The second-order valence-electron chi connectivity index (χ2n) is 8.08. The summed E-state index contributed by atoms with van der Waals surface area (Å²) >= 11 is 1.62. The average molecular weight is 401 g/mol. The first-order chi connectivity index (χ1) is 13.3. The molecule has 2 aromatic rings. The Balaban J connectivity index is 2.03. The Bertz CT molecular complexity index is 858. The maximum Gasteiger partial charge on any atom is 0.316 e. The number of nitrogens with zero attached hydrogens (tertiary/aromatic N) is 2. The summed E-state index contributed by atoms with van der Waals surface area (Å²) in [5.41, 5.74) is 7.80. The van der Waals surface area contributed by atoms with Crippen LogP contribution in [-0.2, 0) is 4.79 Å². The lowest BCUT2D eigenvalue weighted by Crippen LogP contribution is -2.29. The number of thioether (sulfide) groups is 1. The Morgan fingerprint density at radius 2 is 2.07 bits per heavy atom. The van der Waals surface area contributed by atoms with Gasteiger partial charge in [-0.25, -0.2) is 9.97 Å². The molecule has 1 aromatic heterocycles. The summed E-state index contributed by atoms with van der Waals surface area (Å²) in [6, 6.07) is 7.73. The number of nitrogen functional groups attached to an aromatic ring is 1. The number of hydrogen-bond donors (Lipinski definition) is 2. The van der Waals surface area contributed by atoms with Gasteiger partial charge in [-0.3, -0.25) is 4.79 Å². The minimum absolute atomic E-state index is 0.237. The van der Waals surface area contributed by atoms with Crippen LogP contribution in [0.3, 0.4) is 0 Å². The third-order valence-electron chi connectivity index (χ3n) is 4.76. The lowest BCUT2D eigenvalue weighted by atomic mass is 9.95. The molecule has 150 valence electrons. The van der Waals surface area contributed by atoms with Crippen LogP contribution in [0.2, 0.25) is 0 Å². The van der Waals surface area contributed by atoms with Gasteiger partial charge in [0.15, 0.2) is 0 Å². The molecule has 7 heteroatoms. The molecule has 0 amide bonds. The Morgan fingerprint density at radius 1 is 1.29 bits per heavy atom. The monoisotopic (exact) mass is 400 g/mol. The van der Waals surface area contributed by atoms with Crippen molar-refractivity contribution in [1.29, 1.82) is 0 Å². The summed E-state index contributed by atoms with van der Waals surface area (Å²) < 4.78 is 5.73. The fraction of sp³-hybridized carbons (Fsp3) is 0.476. The van der Waals surface area contributed by atoms with Crippen LogP contribution in [-0.4, -0.2) is 35.3 Å². The third kappa shape index (κ3) is 4.83. The minimum Gasteiger partial charge on any atom is -0.425 e. The predicted octanol–water partition coefficient (Wildman–Crippen LogP) is 3.87. The molecule has 0 aliphatic carbocycles. The number of aromatic nitrogens is 2. The molecule has 1 saturated heterocycles. The second-order valence-corrected chi connectivity index (χ2v) is 8.96. The van der Waals surface area contributed by atoms with Crippen LogP contribution in [0.1, 0.15) is 45.2 Å². The Labute approximate surface area is 170 Å². The van der Waals surface area contributed by atoms with E-state index in [-0.39, 0.29) is 11.9 Å². The van der Waals surface area contributed by atoms with Gasteiger partial charge < -0.3 is 15.8 Å². The van der Waals surface area contributed by atoms with Gasteiger partial charge >= 0.3 is 5.97 Å². The van der Waals surface area contributed by atoms with E-state index >= 15 is 0 Å². The van der Waals surface area contributed by atoms with E-state index in [1.807, 2.05) is 51.3 Å². The quantitative estimate of drug-likeness (QED) is 0.457. The van der Waals surface area contributed by atoms with E-state index in [4.69, 9.17) is 10.5 Å². The predicted molar refractivity (Wildman–Crippen MR) is 114 cm³/mol. The maximum absolute atomic E-state index is 12.5. The number of carbonyl (C=O) groups is 1. The summed E-state index contributed by atoms with van der Waals surface area (Å²) in [7, 11) is 0. The Hall–Kier alpha value is -2.12. The van der Waals surface area contributed by atoms with Crippen molar-refractivity contribution in [2.75, 3.05) is 25.1 Å². The molecular weight excluding hydrogens is 372 g/mol. The highest BCUT2D eigenvalue weighted by atomic mass is 32.2. The standard InChI is InChI=1S/C21H28N4O2S/c1-21(2,3)19(26)27-18-8-7-14(28-4)10-15(18)17-11-16(24-20(22)25-17)13-6-5-9-23-12-13/h7-8,10-11,13,23H,5-6,9,12H2,1-4H3,(H2,22,24,25). The molecule has 0 bridgehead atoms. The Morgan fingerprint density at radius 3 is 2.71 bits per heavy atom. The van der Waals surface area contributed by atoms with Crippen molar-refractivity contribution >= 4 is 23.7 Å². The zero-order chi connectivity index (χ0) is 20.3. The summed E-state index contributed by atoms with van der Waals surface area (Å²) in [5.74, 6) is 0.746. The van der Waals surface area contributed by atoms with Gasteiger partial charge in [-0.05, 0) is 70.7 Å². The fourth-order valence-electron chi connectivity index (χ4n) is 3.11. The number of benzene rings is 1. The molecule has 1 aliphatic rings. The van der Waals surface area contributed by atoms with Gasteiger partial charge in [0.2, 0.25) is 5.95 Å². The van der Waals surface area contributed by atoms with Gasteiger partial charge in [-0.2, -0.15) is 0 Å². The Kier molecular flexibility index (Phi) is 6.25. The largest absolute Gasteiger partial charge is 0.425 e. The molecule has 1 aliphatic heterocycles. The molecule has 28 heavy (non-hydrogen) atoms. The fourth-order valence-corrected chi connectivity index (χ4v) is 3.55. The summed E-state index contributed by atoms with van der Waals surface area (Å²) in [6.45, 7) is 7.42. The van der Waals surface area contributed by atoms with E-state index in [2.05, 4.69) is 15.3 Å². The van der Waals surface area contributed by atoms with Crippen molar-refractivity contribution in [3.8, 4) is 17.0 Å². The molecule has 1 fully saturated rings. The number of nitrogens with two attached hydrogens (primary N) is 1. The maximum atomic E-state index is 12.5. The van der Waals surface area contributed by atoms with E-state index < -0.39 is 5.41 Å². The smallest absolute Gasteiger partial charge is 0.316 e. The number of carbonyl (C=O) groups excluding carboxylic acids is 1. The zero-order valence-corrected chi connectivity index (χ0v) is 17.7. The van der Waals surface area contributed by atoms with E-state index in [1.165, 1.54) is 0 Å². The number of nitrogens with one attached hydrogen (secondary N) is 1. The zero-order valence-electron chi connectivity index (χ0n) is 16.9. The normalized spacial score (nSPS) is 17.4. The molecular formula is C21H28N4O2S. The number of esters is 1. The number of rotatable bonds is 4. The summed E-state index contributed by atoms with van der Waals surface area (Å²) in [4.78, 5) is 22.4. The topological polar surface area (TPSA) is 90.1 Å². The van der Waals surface area contributed by atoms with Crippen LogP contribution >= 0.6 is 11.8 Å². The summed E-state index contributed by atoms with van der Waals surface area (Å²) in [6.07, 6.45) is 4.19. The van der Waals surface area contributed by atoms with E-state index in [9.17, 15) is 4.79 Å². The highest BCUT2D eigenvalue weighted by Crippen LogP contribution is 2.35. The highest BCUT2D eigenvalue weighted by molar-refractivity contribution is 7.98. The molecule has 3 rings (SSSR count). The van der Waals surface area contributed by atoms with Crippen LogP contribution in [0.5, 0.6) is 5.75 Å². The van der Waals surface area contributed by atoms with Gasteiger partial charge in [-0.15, -0.1) is 11.8 Å². The molecule has 3 N–H and O–H groups in total. The van der Waals surface area contributed by atoms with Crippen molar-refractivity contribution in [1.82, 2.24) is 15.3 Å². The number of hydrogen-bond acceptors (Lipinski definition) is 7. The third-order valence-corrected chi connectivity index (χ3v) is 5.48. The van der Waals surface area contributed by atoms with Gasteiger partial charge in [0.05, 0.1) is 16.8 Å². The van der Waals surface area contributed by atoms with Crippen LogP contribution in [0, 0.1) is 5.41 Å². The van der Waals surface area contributed by atoms with Crippen molar-refractivity contribution in [3.63, 3.8) is 0 Å². The first-order valence-corrected chi connectivity index (χ1v) is 10.8. The molecule has 6 nitrogen and oxygen atoms in total. The van der Waals surface area contributed by atoms with Crippen molar-refractivity contribution in [3.05, 3.63) is 30.0 Å². The molecule has 2 heterocycles. The second kappa shape index (κ2) is 8.49. The number of piperidine rings is 1. The summed E-state index contributed by atoms with van der Waals surface area (Å²) in [5, 5.41) is 3.41. The van der Waals surface area contributed by atoms with E-state index in [1.54, 1.807) is 11.8 Å². The van der Waals surface area contributed by atoms with Crippen LogP contribution in [0.15, 0.2) is 29.2 Å². The van der Waals surface area contributed by atoms with Crippen LogP contribution in [0.4, 0.5) is 5.95 Å². The van der Waals surface area contributed by atoms with Crippen LogP contribution in [0.25, 0.3) is 11.3 Å². The first-order valence-electron chi connectivity index (χ1n) is 9.54. The highest BCUT2D eigenvalue weighted by Gasteiger charge is 2.26. The van der Waals surface area contributed by atoms with Crippen molar-refractivity contribution in [2.45, 2.75) is 44.4 Å². The lowest BCUT2D eigenvalue weighted by molar-refractivity contribution is -0.142. The first kappa shape index (κ1) is 20.6. The van der Waals surface area contributed by atoms with Gasteiger partial charge in [0.25, 0.3) is 0 Å². The van der Waals surface area contributed by atoms with Crippen molar-refractivity contribution in [2.24, 2.45) is 5.41 Å². The van der Waals surface area contributed by atoms with Crippen LogP contribution < -0.4 is 15.8 Å². The molecule has 0 saturated carbocycles. The average Bonchev–Trinajstić information content (AvgIpc) is 2.67. The SMILES string of the molecule is CSc1ccc(OC(=O)C(C)(C)C)c(-c2cc(C3CCCNC3)nc(N)n2)c1. The molecule has 0 spiro atoms. The van der Waals surface area contributed by atoms with E-state index in [0.717, 1.165) is 42.1 Å². The molecule has 0 radical (unpaired) electrons. The van der Waals surface area contributed by atoms with E-state index in [0.29, 0.717) is 17.4 Å². The van der Waals surface area contributed by atoms with Gasteiger partial charge in [0.1, 0.15) is 5.75 Å². The molecule has 1 atom stereocenters. The molecule has 1 aromatic carbocycles. The van der Waals surface area contributed by atoms with Crippen molar-refractivity contribution < 1.29 is 9.53 Å². The minimum atomic E-state index is -0.598.